The third-order valence-electron chi connectivity index (χ3n) is 6.09. The quantitative estimate of drug-likeness (QED) is 0.806. The Balaban J connectivity index is 0.00000210. The van der Waals surface area contributed by atoms with E-state index in [1.807, 2.05) is 11.6 Å². The van der Waals surface area contributed by atoms with Crippen molar-refractivity contribution >= 4 is 18.3 Å². The minimum atomic E-state index is 0. The van der Waals surface area contributed by atoms with E-state index in [9.17, 15) is 4.79 Å². The lowest BCUT2D eigenvalue weighted by molar-refractivity contribution is 0.0767. The molecule has 0 N–H and O–H groups in total. The minimum Gasteiger partial charge on any atom is -0.338 e. The van der Waals surface area contributed by atoms with Crippen molar-refractivity contribution in [3.05, 3.63) is 53.3 Å². The summed E-state index contributed by atoms with van der Waals surface area (Å²) < 4.78 is 1.95. The van der Waals surface area contributed by atoms with Crippen molar-refractivity contribution in [3.8, 4) is 0 Å². The molecule has 2 aliphatic rings. The number of aromatic nitrogens is 2. The number of benzene rings is 1. The molecule has 0 radical (unpaired) electrons. The van der Waals surface area contributed by atoms with Crippen molar-refractivity contribution in [1.82, 2.24) is 19.6 Å². The fourth-order valence-corrected chi connectivity index (χ4v) is 4.84. The molecule has 1 aromatic carbocycles. The van der Waals surface area contributed by atoms with Crippen LogP contribution in [-0.4, -0.2) is 52.2 Å². The molecule has 6 heteroatoms. The zero-order valence-electron chi connectivity index (χ0n) is 16.3. The van der Waals surface area contributed by atoms with Gasteiger partial charge in [-0.1, -0.05) is 37.3 Å². The highest BCUT2D eigenvalue weighted by molar-refractivity contribution is 5.95. The normalized spacial score (nSPS) is 24.7. The van der Waals surface area contributed by atoms with E-state index in [0.717, 1.165) is 43.9 Å². The Hall–Kier alpha value is -1.85. The van der Waals surface area contributed by atoms with Crippen LogP contribution in [0.25, 0.3) is 0 Å². The lowest BCUT2D eigenvalue weighted by Crippen LogP contribution is -2.33. The topological polar surface area (TPSA) is 41.4 Å². The molecule has 0 aliphatic carbocycles. The minimum absolute atomic E-state index is 0. The number of nitrogens with zero attached hydrogens (tertiary/aromatic N) is 4. The van der Waals surface area contributed by atoms with Gasteiger partial charge in [-0.2, -0.15) is 5.10 Å². The molecule has 0 spiro atoms. The predicted molar refractivity (Wildman–Crippen MR) is 109 cm³/mol. The largest absolute Gasteiger partial charge is 0.338 e. The summed E-state index contributed by atoms with van der Waals surface area (Å²) in [6.45, 7) is 7.76. The van der Waals surface area contributed by atoms with Gasteiger partial charge in [0.2, 0.25) is 0 Å². The van der Waals surface area contributed by atoms with E-state index < -0.39 is 0 Å². The number of fused-ring (bicyclic) bond motifs is 1. The molecule has 0 unspecified atom stereocenters. The highest BCUT2D eigenvalue weighted by Gasteiger charge is 2.47. The van der Waals surface area contributed by atoms with Gasteiger partial charge >= 0.3 is 0 Å². The number of aryl methyl sites for hydroxylation is 1. The van der Waals surface area contributed by atoms with Gasteiger partial charge in [0.05, 0.1) is 11.8 Å². The van der Waals surface area contributed by atoms with E-state index in [0.29, 0.717) is 17.9 Å². The van der Waals surface area contributed by atoms with Gasteiger partial charge in [-0.05, 0) is 31.9 Å². The maximum atomic E-state index is 13.1. The van der Waals surface area contributed by atoms with E-state index in [-0.39, 0.29) is 18.3 Å². The fraction of sp³-hybridized carbons (Fsp3) is 0.524. The second-order valence-corrected chi connectivity index (χ2v) is 7.80. The molecule has 2 saturated heterocycles. The van der Waals surface area contributed by atoms with Crippen LogP contribution in [-0.2, 0) is 6.54 Å². The molecule has 27 heavy (non-hydrogen) atoms. The Morgan fingerprint density at radius 2 is 1.93 bits per heavy atom. The standard InChI is InChI=1S/C21H28N4O.ClH/c1-4-10-25-15(2)18(11-22-25)21(26)24-13-17-12-23(3)20(19(17)14-24)16-8-6-5-7-9-16;/h5-9,11,17,19-20H,4,10,12-14H2,1-3H3;1H/t17-,19+,20-;/m0./s1. The zero-order chi connectivity index (χ0) is 18.3. The molecule has 146 valence electrons. The van der Waals surface area contributed by atoms with E-state index in [4.69, 9.17) is 0 Å². The number of amides is 1. The summed E-state index contributed by atoms with van der Waals surface area (Å²) in [7, 11) is 2.21. The van der Waals surface area contributed by atoms with Crippen molar-refractivity contribution in [1.29, 1.82) is 0 Å². The Bertz CT molecular complexity index is 791. The maximum Gasteiger partial charge on any atom is 0.257 e. The van der Waals surface area contributed by atoms with Crippen LogP contribution in [0.4, 0.5) is 0 Å². The molecular formula is C21H29ClN4O. The number of carbonyl (C=O) groups is 1. The second-order valence-electron chi connectivity index (χ2n) is 7.80. The molecule has 1 amide bonds. The molecule has 3 atom stereocenters. The summed E-state index contributed by atoms with van der Waals surface area (Å²) in [4.78, 5) is 17.6. The average molecular weight is 389 g/mol. The summed E-state index contributed by atoms with van der Waals surface area (Å²) in [5.74, 6) is 1.21. The molecule has 0 bridgehead atoms. The van der Waals surface area contributed by atoms with Gasteiger partial charge in [-0.3, -0.25) is 14.4 Å². The predicted octanol–water partition coefficient (Wildman–Crippen LogP) is 3.40. The highest BCUT2D eigenvalue weighted by Crippen LogP contribution is 2.44. The summed E-state index contributed by atoms with van der Waals surface area (Å²) in [6, 6.07) is 11.1. The van der Waals surface area contributed by atoms with E-state index >= 15 is 0 Å². The molecule has 3 heterocycles. The Kier molecular flexibility index (Phi) is 5.92. The number of carbonyl (C=O) groups excluding carboxylic acids is 1. The Morgan fingerprint density at radius 1 is 1.19 bits per heavy atom. The van der Waals surface area contributed by atoms with Crippen molar-refractivity contribution < 1.29 is 4.79 Å². The van der Waals surface area contributed by atoms with Gasteiger partial charge in [0.1, 0.15) is 0 Å². The monoisotopic (exact) mass is 388 g/mol. The van der Waals surface area contributed by atoms with Crippen LogP contribution < -0.4 is 0 Å². The van der Waals surface area contributed by atoms with Gasteiger partial charge < -0.3 is 4.90 Å². The van der Waals surface area contributed by atoms with Crippen molar-refractivity contribution in [2.45, 2.75) is 32.9 Å². The lowest BCUT2D eigenvalue weighted by Gasteiger charge is -2.26. The van der Waals surface area contributed by atoms with Crippen LogP contribution in [0.2, 0.25) is 0 Å². The van der Waals surface area contributed by atoms with Crippen molar-refractivity contribution in [2.24, 2.45) is 11.8 Å². The Labute approximate surface area is 167 Å². The number of hydrogen-bond donors (Lipinski definition) is 0. The molecule has 5 nitrogen and oxygen atoms in total. The van der Waals surface area contributed by atoms with Gasteiger partial charge in [-0.15, -0.1) is 12.4 Å². The first-order valence-electron chi connectivity index (χ1n) is 9.67. The molecule has 4 rings (SSSR count). The number of hydrogen-bond acceptors (Lipinski definition) is 3. The molecule has 2 aliphatic heterocycles. The second kappa shape index (κ2) is 8.03. The van der Waals surface area contributed by atoms with Crippen molar-refractivity contribution in [3.63, 3.8) is 0 Å². The zero-order valence-corrected chi connectivity index (χ0v) is 17.2. The SMILES string of the molecule is CCCn1ncc(C(=O)N2C[C@@H]3CN(C)[C@@H](c4ccccc4)[C@@H]3C2)c1C.Cl. The van der Waals surface area contributed by atoms with Crippen molar-refractivity contribution in [2.75, 3.05) is 26.7 Å². The highest BCUT2D eigenvalue weighted by atomic mass is 35.5. The summed E-state index contributed by atoms with van der Waals surface area (Å²) in [5, 5.41) is 4.41. The average Bonchev–Trinajstić information content (AvgIpc) is 3.28. The first-order valence-corrected chi connectivity index (χ1v) is 9.67. The smallest absolute Gasteiger partial charge is 0.257 e. The summed E-state index contributed by atoms with van der Waals surface area (Å²) >= 11 is 0. The molecular weight excluding hydrogens is 360 g/mol. The lowest BCUT2D eigenvalue weighted by atomic mass is 9.90. The third kappa shape index (κ3) is 3.50. The molecule has 2 aromatic rings. The van der Waals surface area contributed by atoms with Crippen LogP contribution in [0.15, 0.2) is 36.5 Å². The molecule has 2 fully saturated rings. The molecule has 0 saturated carbocycles. The van der Waals surface area contributed by atoms with Crippen LogP contribution in [0.1, 0.15) is 41.0 Å². The van der Waals surface area contributed by atoms with E-state index in [2.05, 4.69) is 59.2 Å². The first kappa shape index (κ1) is 19.9. The third-order valence-corrected chi connectivity index (χ3v) is 6.09. The van der Waals surface area contributed by atoms with E-state index in [1.54, 1.807) is 6.20 Å². The van der Waals surface area contributed by atoms with Crippen LogP contribution in [0, 0.1) is 18.8 Å². The Morgan fingerprint density at radius 3 is 2.63 bits per heavy atom. The van der Waals surface area contributed by atoms with Gasteiger partial charge in [0.25, 0.3) is 5.91 Å². The van der Waals surface area contributed by atoms with Gasteiger partial charge in [0.15, 0.2) is 0 Å². The van der Waals surface area contributed by atoms with Crippen LogP contribution in [0.5, 0.6) is 0 Å². The van der Waals surface area contributed by atoms with Gasteiger partial charge in [-0.25, -0.2) is 0 Å². The fourth-order valence-electron chi connectivity index (χ4n) is 4.84. The first-order chi connectivity index (χ1) is 12.6. The van der Waals surface area contributed by atoms with Crippen LogP contribution >= 0.6 is 12.4 Å². The number of rotatable bonds is 4. The summed E-state index contributed by atoms with van der Waals surface area (Å²) in [6.07, 6.45) is 2.78. The van der Waals surface area contributed by atoms with Crippen LogP contribution in [0.3, 0.4) is 0 Å². The van der Waals surface area contributed by atoms with Gasteiger partial charge in [0, 0.05) is 43.8 Å². The molecule has 1 aromatic heterocycles. The van der Waals surface area contributed by atoms with E-state index in [1.165, 1.54) is 5.56 Å². The number of halogens is 1. The summed E-state index contributed by atoms with van der Waals surface area (Å²) in [5.41, 5.74) is 3.12. The maximum absolute atomic E-state index is 13.1. The number of likely N-dealkylation sites (tertiary alicyclic amines) is 2.